The molecule has 0 saturated heterocycles. The number of nitrogens with one attached hydrogen (secondary N) is 1. The molecule has 1 aliphatic heterocycles. The highest BCUT2D eigenvalue weighted by Gasteiger charge is 2.36. The van der Waals surface area contributed by atoms with Crippen molar-refractivity contribution >= 4 is 11.7 Å². The number of ether oxygens (including phenoxy) is 1. The zero-order valence-electron chi connectivity index (χ0n) is 22.3. The van der Waals surface area contributed by atoms with Crippen molar-refractivity contribution in [1.82, 2.24) is 19.2 Å². The summed E-state index contributed by atoms with van der Waals surface area (Å²) < 4.78 is 9.72. The summed E-state index contributed by atoms with van der Waals surface area (Å²) in [7, 11) is 1.61. The molecule has 0 saturated carbocycles. The fraction of sp³-hybridized carbons (Fsp3) is 0.188. The summed E-state index contributed by atoms with van der Waals surface area (Å²) in [5.41, 5.74) is 6.79. The summed E-state index contributed by atoms with van der Waals surface area (Å²) in [6.45, 7) is 4.58. The van der Waals surface area contributed by atoms with Crippen molar-refractivity contribution in [3.63, 3.8) is 0 Å². The van der Waals surface area contributed by atoms with Crippen LogP contribution in [-0.4, -0.2) is 32.4 Å². The maximum Gasteiger partial charge on any atom is 0.323 e. The van der Waals surface area contributed by atoms with Gasteiger partial charge >= 0.3 is 6.03 Å². The van der Waals surface area contributed by atoms with Crippen molar-refractivity contribution in [2.75, 3.05) is 12.4 Å². The number of anilines is 1. The number of hydrogen-bond donors (Lipinski definition) is 1. The van der Waals surface area contributed by atoms with E-state index in [0.717, 1.165) is 46.0 Å². The average Bonchev–Trinajstić information content (AvgIpc) is 3.55. The Morgan fingerprint density at radius 3 is 2.56 bits per heavy atom. The average molecular weight is 518 g/mol. The number of carbonyl (C=O) groups excluding carboxylic acids is 1. The lowest BCUT2D eigenvalue weighted by atomic mass is 10.00. The van der Waals surface area contributed by atoms with Crippen LogP contribution >= 0.6 is 0 Å². The summed E-state index contributed by atoms with van der Waals surface area (Å²) in [5, 5.41) is 8.16. The SMILES string of the molecule is CCc1nn(-c2ccccc2)c2c1CN(C(=O)Nc1ccccc1OC)[C@@H](c1cccc(C)c1)c1cccn1-2. The molecule has 2 aromatic heterocycles. The Hall–Kier alpha value is -4.78. The van der Waals surface area contributed by atoms with E-state index in [9.17, 15) is 4.79 Å². The molecule has 0 spiro atoms. The van der Waals surface area contributed by atoms with Crippen molar-refractivity contribution in [2.45, 2.75) is 32.9 Å². The standard InChI is InChI=1S/C32H31N5O2/c1-4-26-25-21-36(32(38)33-27-16-8-9-18-29(27)39-3)30(23-13-10-12-22(2)20-23)28-17-11-19-35(28)31(25)37(34-26)24-14-6-5-7-15-24/h5-20,30H,4,21H2,1-3H3,(H,33,38)/t30-/m0/s1. The molecular formula is C32H31N5O2. The van der Waals surface area contributed by atoms with E-state index in [1.54, 1.807) is 7.11 Å². The Kier molecular flexibility index (Phi) is 6.40. The molecule has 1 atom stereocenters. The summed E-state index contributed by atoms with van der Waals surface area (Å²) >= 11 is 0. The van der Waals surface area contributed by atoms with Gasteiger partial charge in [-0.1, -0.05) is 67.1 Å². The van der Waals surface area contributed by atoms with Crippen molar-refractivity contribution in [3.8, 4) is 17.3 Å². The minimum absolute atomic E-state index is 0.207. The normalized spacial score (nSPS) is 14.3. The molecule has 1 N–H and O–H groups in total. The summed E-state index contributed by atoms with van der Waals surface area (Å²) in [6, 6.07) is 29.6. The quantitative estimate of drug-likeness (QED) is 0.283. The Morgan fingerprint density at radius 2 is 1.79 bits per heavy atom. The summed E-state index contributed by atoms with van der Waals surface area (Å²) in [6.07, 6.45) is 2.81. The minimum atomic E-state index is -0.323. The monoisotopic (exact) mass is 517 g/mol. The number of methoxy groups -OCH3 is 1. The van der Waals surface area contributed by atoms with E-state index in [-0.39, 0.29) is 12.1 Å². The van der Waals surface area contributed by atoms with Gasteiger partial charge in [0.05, 0.1) is 42.5 Å². The van der Waals surface area contributed by atoms with Crippen molar-refractivity contribution in [1.29, 1.82) is 0 Å². The number of para-hydroxylation sites is 3. The third-order valence-corrected chi connectivity index (χ3v) is 7.27. The first kappa shape index (κ1) is 24.6. The Balaban J connectivity index is 1.56. The molecule has 0 aliphatic carbocycles. The number of urea groups is 1. The Morgan fingerprint density at radius 1 is 1.00 bits per heavy atom. The smallest absolute Gasteiger partial charge is 0.323 e. The van der Waals surface area contributed by atoms with Gasteiger partial charge in [-0.25, -0.2) is 9.48 Å². The van der Waals surface area contributed by atoms with E-state index in [2.05, 4.69) is 72.4 Å². The predicted octanol–water partition coefficient (Wildman–Crippen LogP) is 6.68. The van der Waals surface area contributed by atoms with Crippen molar-refractivity contribution in [2.24, 2.45) is 0 Å². The molecule has 6 rings (SSSR count). The van der Waals surface area contributed by atoms with E-state index >= 15 is 0 Å². The van der Waals surface area contributed by atoms with Crippen LogP contribution in [0.15, 0.2) is 97.2 Å². The van der Waals surface area contributed by atoms with E-state index in [1.165, 1.54) is 0 Å². The lowest BCUT2D eigenvalue weighted by molar-refractivity contribution is 0.194. The first-order chi connectivity index (χ1) is 19.1. The second-order valence-electron chi connectivity index (χ2n) is 9.73. The minimum Gasteiger partial charge on any atom is -0.495 e. The van der Waals surface area contributed by atoms with Gasteiger partial charge in [-0.2, -0.15) is 5.10 Å². The number of aryl methyl sites for hydroxylation is 2. The fourth-order valence-electron chi connectivity index (χ4n) is 5.47. The van der Waals surface area contributed by atoms with Gasteiger partial charge in [-0.05, 0) is 55.3 Å². The largest absolute Gasteiger partial charge is 0.495 e. The summed E-state index contributed by atoms with van der Waals surface area (Å²) in [5.74, 6) is 1.58. The molecular weight excluding hydrogens is 486 g/mol. The number of hydrogen-bond acceptors (Lipinski definition) is 3. The maximum absolute atomic E-state index is 14.2. The topological polar surface area (TPSA) is 64.3 Å². The number of carbonyl (C=O) groups is 1. The molecule has 7 nitrogen and oxygen atoms in total. The molecule has 2 amide bonds. The lowest BCUT2D eigenvalue weighted by Crippen LogP contribution is -2.38. The van der Waals surface area contributed by atoms with Crippen LogP contribution in [0, 0.1) is 6.92 Å². The van der Waals surface area contributed by atoms with Gasteiger partial charge in [-0.3, -0.25) is 0 Å². The first-order valence-electron chi connectivity index (χ1n) is 13.2. The van der Waals surface area contributed by atoms with Crippen LogP contribution in [0.1, 0.15) is 41.0 Å². The van der Waals surface area contributed by atoms with Crippen LogP contribution in [0.3, 0.4) is 0 Å². The highest BCUT2D eigenvalue weighted by molar-refractivity contribution is 5.91. The van der Waals surface area contributed by atoms with Gasteiger partial charge in [0, 0.05) is 11.8 Å². The molecule has 0 radical (unpaired) electrons. The summed E-state index contributed by atoms with van der Waals surface area (Å²) in [4.78, 5) is 16.1. The highest BCUT2D eigenvalue weighted by Crippen LogP contribution is 2.39. The van der Waals surface area contributed by atoms with Crippen LogP contribution in [0.2, 0.25) is 0 Å². The number of aromatic nitrogens is 3. The third-order valence-electron chi connectivity index (χ3n) is 7.27. The van der Waals surface area contributed by atoms with Crippen LogP contribution in [0.4, 0.5) is 10.5 Å². The van der Waals surface area contributed by atoms with Crippen LogP contribution in [0.5, 0.6) is 5.75 Å². The molecule has 0 unspecified atom stereocenters. The van der Waals surface area contributed by atoms with Gasteiger partial charge in [0.15, 0.2) is 0 Å². The molecule has 39 heavy (non-hydrogen) atoms. The highest BCUT2D eigenvalue weighted by atomic mass is 16.5. The van der Waals surface area contributed by atoms with E-state index in [1.807, 2.05) is 58.1 Å². The molecule has 5 aromatic rings. The molecule has 3 aromatic carbocycles. The zero-order valence-corrected chi connectivity index (χ0v) is 22.3. The lowest BCUT2D eigenvalue weighted by Gasteiger charge is -2.31. The molecule has 196 valence electrons. The fourth-order valence-corrected chi connectivity index (χ4v) is 5.47. The maximum atomic E-state index is 14.2. The van der Waals surface area contributed by atoms with Crippen LogP contribution < -0.4 is 10.1 Å². The van der Waals surface area contributed by atoms with Gasteiger partial charge in [0.25, 0.3) is 0 Å². The molecule has 0 bridgehead atoms. The van der Waals surface area contributed by atoms with Gasteiger partial charge in [0.1, 0.15) is 11.6 Å². The van der Waals surface area contributed by atoms with E-state index < -0.39 is 0 Å². The van der Waals surface area contributed by atoms with Crippen molar-refractivity contribution in [3.05, 3.63) is 125 Å². The molecule has 3 heterocycles. The second-order valence-corrected chi connectivity index (χ2v) is 9.73. The number of benzene rings is 3. The molecule has 7 heteroatoms. The first-order valence-corrected chi connectivity index (χ1v) is 13.2. The number of nitrogens with zero attached hydrogens (tertiary/aromatic N) is 4. The van der Waals surface area contributed by atoms with E-state index in [4.69, 9.17) is 9.84 Å². The van der Waals surface area contributed by atoms with Gasteiger partial charge in [0.2, 0.25) is 0 Å². The number of fused-ring (bicyclic) bond motifs is 3. The third kappa shape index (κ3) is 4.36. The van der Waals surface area contributed by atoms with Gasteiger partial charge in [-0.15, -0.1) is 0 Å². The van der Waals surface area contributed by atoms with E-state index in [0.29, 0.717) is 18.0 Å². The molecule has 0 fully saturated rings. The van der Waals surface area contributed by atoms with Crippen molar-refractivity contribution < 1.29 is 9.53 Å². The second kappa shape index (κ2) is 10.2. The van der Waals surface area contributed by atoms with Crippen LogP contribution in [0.25, 0.3) is 11.5 Å². The van der Waals surface area contributed by atoms with Gasteiger partial charge < -0.3 is 19.5 Å². The number of rotatable bonds is 5. The Bertz CT molecular complexity index is 1640. The zero-order chi connectivity index (χ0) is 26.9. The van der Waals surface area contributed by atoms with Crippen LogP contribution in [-0.2, 0) is 13.0 Å². The number of amides is 2. The Labute approximate surface area is 228 Å². The predicted molar refractivity (Wildman–Crippen MR) is 153 cm³/mol. The molecule has 1 aliphatic rings.